The first-order valence-corrected chi connectivity index (χ1v) is 7.24. The second-order valence-electron chi connectivity index (χ2n) is 5.09. The third-order valence-electron chi connectivity index (χ3n) is 3.82. The molecule has 3 rings (SSSR count). The van der Waals surface area contributed by atoms with Gasteiger partial charge in [-0.1, -0.05) is 13.5 Å². The minimum atomic E-state index is -3.61. The van der Waals surface area contributed by atoms with Gasteiger partial charge in [0.1, 0.15) is 23.6 Å². The maximum absolute atomic E-state index is 11.8. The van der Waals surface area contributed by atoms with Gasteiger partial charge >= 0.3 is 5.97 Å². The molecule has 0 N–H and O–H groups in total. The molecule has 2 bridgehead atoms. The zero-order chi connectivity index (χ0) is 13.2. The summed E-state index contributed by atoms with van der Waals surface area (Å²) in [7, 11) is -3.61. The topological polar surface area (TPSA) is 78.9 Å². The lowest BCUT2D eigenvalue weighted by molar-refractivity contribution is -0.150. The van der Waals surface area contributed by atoms with Crippen LogP contribution in [0, 0.1) is 5.92 Å². The Labute approximate surface area is 105 Å². The van der Waals surface area contributed by atoms with E-state index in [2.05, 4.69) is 6.58 Å². The summed E-state index contributed by atoms with van der Waals surface area (Å²) in [5, 5.41) is -0.632. The number of carbonyl (C=O) groups is 1. The fourth-order valence-electron chi connectivity index (χ4n) is 3.00. The Morgan fingerprint density at radius 2 is 1.94 bits per heavy atom. The Bertz CT molecular complexity index is 524. The summed E-state index contributed by atoms with van der Waals surface area (Å²) in [5.74, 6) is -0.783. The predicted molar refractivity (Wildman–Crippen MR) is 60.1 cm³/mol. The second kappa shape index (κ2) is 3.55. The summed E-state index contributed by atoms with van der Waals surface area (Å²) in [6.07, 6.45) is -2.30. The third-order valence-corrected chi connectivity index (χ3v) is 5.67. The fourth-order valence-corrected chi connectivity index (χ4v) is 4.88. The van der Waals surface area contributed by atoms with Gasteiger partial charge in [-0.15, -0.1) is 0 Å². The molecule has 0 saturated carbocycles. The quantitative estimate of drug-likeness (QED) is 0.400. The first-order chi connectivity index (χ1) is 8.33. The van der Waals surface area contributed by atoms with Crippen LogP contribution in [-0.2, 0) is 28.6 Å². The zero-order valence-corrected chi connectivity index (χ0v) is 10.8. The van der Waals surface area contributed by atoms with Crippen molar-refractivity contribution in [2.45, 2.75) is 43.5 Å². The largest absolute Gasteiger partial charge is 0.453 e. The summed E-state index contributed by atoms with van der Waals surface area (Å²) in [6, 6.07) is 0. The van der Waals surface area contributed by atoms with E-state index in [0.29, 0.717) is 0 Å². The fraction of sp³-hybridized carbons (Fsp3) is 0.727. The lowest BCUT2D eigenvalue weighted by atomic mass is 9.86. The van der Waals surface area contributed by atoms with E-state index in [4.69, 9.17) is 13.7 Å². The number of hydrogen-bond acceptors (Lipinski definition) is 6. The monoisotopic (exact) mass is 274 g/mol. The molecule has 0 aromatic rings. The van der Waals surface area contributed by atoms with Crippen LogP contribution in [-0.4, -0.2) is 44.1 Å². The van der Waals surface area contributed by atoms with Gasteiger partial charge < -0.3 is 9.47 Å². The molecule has 3 aliphatic rings. The predicted octanol–water partition coefficient (Wildman–Crippen LogP) is -0.0114. The van der Waals surface area contributed by atoms with Crippen LogP contribution in [0.2, 0.25) is 0 Å². The van der Waals surface area contributed by atoms with Crippen molar-refractivity contribution < 1.29 is 26.9 Å². The van der Waals surface area contributed by atoms with Crippen molar-refractivity contribution in [3.05, 3.63) is 12.2 Å². The number of esters is 1. The van der Waals surface area contributed by atoms with Gasteiger partial charge in [-0.3, -0.25) is 4.18 Å². The highest BCUT2D eigenvalue weighted by molar-refractivity contribution is 7.87. The van der Waals surface area contributed by atoms with Gasteiger partial charge in [0.2, 0.25) is 0 Å². The molecule has 7 heteroatoms. The first kappa shape index (κ1) is 12.1. The third kappa shape index (κ3) is 1.41. The van der Waals surface area contributed by atoms with Crippen molar-refractivity contribution in [2.24, 2.45) is 5.92 Å². The molecule has 0 radical (unpaired) electrons. The number of hydrogen-bond donors (Lipinski definition) is 0. The molecule has 6 nitrogen and oxygen atoms in total. The number of carbonyl (C=O) groups excluding carboxylic acids is 1. The summed E-state index contributed by atoms with van der Waals surface area (Å²) in [4.78, 5) is 11.5. The molecule has 0 aromatic heterocycles. The van der Waals surface area contributed by atoms with Crippen LogP contribution in [0.25, 0.3) is 0 Å². The van der Waals surface area contributed by atoms with Crippen molar-refractivity contribution in [1.82, 2.24) is 0 Å². The van der Waals surface area contributed by atoms with E-state index in [1.54, 1.807) is 6.92 Å². The second-order valence-corrected chi connectivity index (χ2v) is 6.82. The lowest BCUT2D eigenvalue weighted by Gasteiger charge is -2.25. The standard InChI is InChI=1S/C11H14O6S/c1-4(2)11(12)16-7-6-5(3)10-9(15-6)8(7)17-18(10,13)14/h5-10H,1H2,2-3H3. The zero-order valence-electron chi connectivity index (χ0n) is 10.0. The molecule has 3 heterocycles. The minimum absolute atomic E-state index is 0.235. The van der Waals surface area contributed by atoms with Crippen LogP contribution in [0.15, 0.2) is 12.2 Å². The number of rotatable bonds is 2. The molecule has 18 heavy (non-hydrogen) atoms. The van der Waals surface area contributed by atoms with Crippen LogP contribution in [0.3, 0.4) is 0 Å². The summed E-state index contributed by atoms with van der Waals surface area (Å²) in [6.45, 7) is 6.81. The van der Waals surface area contributed by atoms with Gasteiger partial charge in [0, 0.05) is 11.5 Å². The highest BCUT2D eigenvalue weighted by Crippen LogP contribution is 2.50. The van der Waals surface area contributed by atoms with E-state index in [1.807, 2.05) is 0 Å². The molecule has 3 aliphatic heterocycles. The highest BCUT2D eigenvalue weighted by atomic mass is 32.2. The molecule has 3 fully saturated rings. The van der Waals surface area contributed by atoms with Gasteiger partial charge in [0.15, 0.2) is 6.10 Å². The van der Waals surface area contributed by atoms with Crippen LogP contribution < -0.4 is 0 Å². The van der Waals surface area contributed by atoms with Crippen molar-refractivity contribution in [1.29, 1.82) is 0 Å². The molecule has 0 aliphatic carbocycles. The molecular weight excluding hydrogens is 260 g/mol. The Hall–Kier alpha value is -0.920. The van der Waals surface area contributed by atoms with E-state index in [0.717, 1.165) is 0 Å². The Morgan fingerprint density at radius 3 is 2.56 bits per heavy atom. The lowest BCUT2D eigenvalue weighted by Crippen LogP contribution is -2.46. The molecule has 0 spiro atoms. The van der Waals surface area contributed by atoms with Gasteiger partial charge in [0.25, 0.3) is 10.1 Å². The van der Waals surface area contributed by atoms with E-state index in [9.17, 15) is 13.2 Å². The van der Waals surface area contributed by atoms with Crippen LogP contribution in [0.4, 0.5) is 0 Å². The maximum Gasteiger partial charge on any atom is 0.333 e. The van der Waals surface area contributed by atoms with Crippen molar-refractivity contribution >= 4 is 16.1 Å². The average Bonchev–Trinajstić information content (AvgIpc) is 2.80. The Balaban J connectivity index is 1.89. The van der Waals surface area contributed by atoms with Crippen LogP contribution in [0.5, 0.6) is 0 Å². The van der Waals surface area contributed by atoms with Crippen LogP contribution in [0.1, 0.15) is 13.8 Å². The number of fused-ring (bicyclic) bond motifs is 1. The molecule has 100 valence electrons. The summed E-state index contributed by atoms with van der Waals surface area (Å²) < 4.78 is 39.5. The minimum Gasteiger partial charge on any atom is -0.453 e. The summed E-state index contributed by atoms with van der Waals surface area (Å²) in [5.41, 5.74) is 0.267. The van der Waals surface area contributed by atoms with Gasteiger partial charge in [0.05, 0.1) is 0 Å². The number of ether oxygens (including phenoxy) is 2. The van der Waals surface area contributed by atoms with E-state index < -0.39 is 45.8 Å². The van der Waals surface area contributed by atoms with E-state index >= 15 is 0 Å². The summed E-state index contributed by atoms with van der Waals surface area (Å²) >= 11 is 0. The molecule has 6 atom stereocenters. The molecular formula is C11H14O6S. The Kier molecular flexibility index (Phi) is 2.39. The van der Waals surface area contributed by atoms with Gasteiger partial charge in [-0.05, 0) is 6.92 Å². The Morgan fingerprint density at radius 1 is 1.28 bits per heavy atom. The van der Waals surface area contributed by atoms with E-state index in [1.165, 1.54) is 6.92 Å². The normalized spacial score (nSPS) is 47.2. The first-order valence-electron chi connectivity index (χ1n) is 5.77. The smallest absolute Gasteiger partial charge is 0.333 e. The maximum atomic E-state index is 11.8. The molecule has 6 unspecified atom stereocenters. The highest BCUT2D eigenvalue weighted by Gasteiger charge is 2.70. The molecule has 0 amide bonds. The molecule has 3 saturated heterocycles. The van der Waals surface area contributed by atoms with Crippen molar-refractivity contribution in [2.75, 3.05) is 0 Å². The average molecular weight is 274 g/mol. The molecule has 0 aromatic carbocycles. The van der Waals surface area contributed by atoms with Crippen molar-refractivity contribution in [3.8, 4) is 0 Å². The van der Waals surface area contributed by atoms with Gasteiger partial charge in [-0.2, -0.15) is 8.42 Å². The van der Waals surface area contributed by atoms with E-state index in [-0.39, 0.29) is 11.5 Å². The van der Waals surface area contributed by atoms with Crippen LogP contribution >= 0.6 is 0 Å². The van der Waals surface area contributed by atoms with Crippen molar-refractivity contribution in [3.63, 3.8) is 0 Å². The SMILES string of the molecule is C=C(C)C(=O)OC1C2OC3C1OS(=O)(=O)C3C2C. The van der Waals surface area contributed by atoms with Gasteiger partial charge in [-0.25, -0.2) is 4.79 Å².